The number of hydrogen-bond donors (Lipinski definition) is 1. The van der Waals surface area contributed by atoms with Gasteiger partial charge in [-0.15, -0.1) is 0 Å². The van der Waals surface area contributed by atoms with Crippen molar-refractivity contribution in [3.63, 3.8) is 0 Å². The molecule has 0 fully saturated rings. The summed E-state index contributed by atoms with van der Waals surface area (Å²) in [6.45, 7) is -0.555. The highest BCUT2D eigenvalue weighted by atomic mass is 16.6. The van der Waals surface area contributed by atoms with Gasteiger partial charge in [0.05, 0.1) is 5.69 Å². The molecule has 26 heavy (non-hydrogen) atoms. The predicted molar refractivity (Wildman–Crippen MR) is 94.4 cm³/mol. The van der Waals surface area contributed by atoms with Crippen LogP contribution in [0.4, 0.5) is 0 Å². The van der Waals surface area contributed by atoms with E-state index in [1.54, 1.807) is 24.4 Å². The molecule has 0 saturated heterocycles. The highest BCUT2D eigenvalue weighted by Gasteiger charge is 2.18. The van der Waals surface area contributed by atoms with Gasteiger partial charge in [-0.05, 0) is 49.6 Å². The van der Waals surface area contributed by atoms with E-state index in [0.29, 0.717) is 11.4 Å². The summed E-state index contributed by atoms with van der Waals surface area (Å²) in [5, 5.41) is 1.05. The second-order valence-electron chi connectivity index (χ2n) is 6.33. The van der Waals surface area contributed by atoms with Gasteiger partial charge < -0.3 is 18.9 Å². The second-order valence-corrected chi connectivity index (χ2v) is 6.33. The van der Waals surface area contributed by atoms with E-state index in [0.717, 1.165) is 42.4 Å². The van der Waals surface area contributed by atoms with Crippen LogP contribution >= 0.6 is 0 Å². The Morgan fingerprint density at radius 3 is 2.85 bits per heavy atom. The van der Waals surface area contributed by atoms with Crippen LogP contribution in [0.25, 0.3) is 11.0 Å². The Balaban J connectivity index is 1.35. The maximum atomic E-state index is 11.8. The fourth-order valence-electron chi connectivity index (χ4n) is 3.24. The lowest BCUT2D eigenvalue weighted by Crippen LogP contribution is -2.19. The number of ether oxygens (including phenoxy) is 2. The average Bonchev–Trinajstić information content (AvgIpc) is 3.32. The van der Waals surface area contributed by atoms with E-state index in [2.05, 4.69) is 4.98 Å². The van der Waals surface area contributed by atoms with Crippen molar-refractivity contribution >= 4 is 22.7 Å². The first-order valence-electron chi connectivity index (χ1n) is 8.70. The van der Waals surface area contributed by atoms with Gasteiger partial charge in [-0.2, -0.15) is 0 Å². The lowest BCUT2D eigenvalue weighted by Gasteiger charge is -2.09. The summed E-state index contributed by atoms with van der Waals surface area (Å²) in [5.74, 6) is 0.777. The van der Waals surface area contributed by atoms with Crippen molar-refractivity contribution in [2.24, 2.45) is 0 Å². The Morgan fingerprint density at radius 1 is 1.12 bits per heavy atom. The van der Waals surface area contributed by atoms with Gasteiger partial charge in [0.15, 0.2) is 13.2 Å². The number of Topliss-reactive ketones (excluding diaryl/α,β-unsaturated/α-hetero) is 1. The SMILES string of the molecule is O=C(COc1ccc2oc3c(c2c1)CCCC3)OCC(=O)c1ccc[nH]1. The molecule has 6 nitrogen and oxygen atoms in total. The van der Waals surface area contributed by atoms with Crippen molar-refractivity contribution in [2.45, 2.75) is 25.7 Å². The summed E-state index contributed by atoms with van der Waals surface area (Å²) >= 11 is 0. The van der Waals surface area contributed by atoms with Crippen molar-refractivity contribution in [1.82, 2.24) is 4.98 Å². The molecule has 0 amide bonds. The zero-order valence-electron chi connectivity index (χ0n) is 14.2. The van der Waals surface area contributed by atoms with Gasteiger partial charge in [0.1, 0.15) is 17.1 Å². The summed E-state index contributed by atoms with van der Waals surface area (Å²) in [6, 6.07) is 8.88. The zero-order valence-corrected chi connectivity index (χ0v) is 14.2. The van der Waals surface area contributed by atoms with Crippen LogP contribution in [0.15, 0.2) is 40.9 Å². The molecule has 134 valence electrons. The third-order valence-electron chi connectivity index (χ3n) is 4.55. The molecule has 1 aromatic carbocycles. The van der Waals surface area contributed by atoms with Crippen molar-refractivity contribution in [2.75, 3.05) is 13.2 Å². The molecule has 1 aliphatic rings. The minimum absolute atomic E-state index is 0.246. The Labute approximate surface area is 150 Å². The molecule has 0 radical (unpaired) electrons. The van der Waals surface area contributed by atoms with E-state index in [1.807, 2.05) is 12.1 Å². The number of rotatable bonds is 6. The normalized spacial score (nSPS) is 13.4. The molecule has 2 heterocycles. The van der Waals surface area contributed by atoms with E-state index in [4.69, 9.17) is 13.9 Å². The van der Waals surface area contributed by atoms with Crippen LogP contribution in [0.1, 0.15) is 34.7 Å². The molecule has 1 aliphatic carbocycles. The van der Waals surface area contributed by atoms with Gasteiger partial charge in [0.2, 0.25) is 5.78 Å². The molecular weight excluding hydrogens is 334 g/mol. The summed E-state index contributed by atoms with van der Waals surface area (Å²) < 4.78 is 16.4. The first kappa shape index (κ1) is 16.4. The molecule has 0 unspecified atom stereocenters. The molecule has 1 N–H and O–H groups in total. The van der Waals surface area contributed by atoms with Gasteiger partial charge in [0, 0.05) is 23.6 Å². The van der Waals surface area contributed by atoms with Gasteiger partial charge in [0.25, 0.3) is 0 Å². The number of aromatic nitrogens is 1. The number of ketones is 1. The van der Waals surface area contributed by atoms with Crippen molar-refractivity contribution in [3.05, 3.63) is 53.5 Å². The first-order chi connectivity index (χ1) is 12.7. The number of esters is 1. The number of aryl methyl sites for hydroxylation is 2. The van der Waals surface area contributed by atoms with Crippen LogP contribution in [-0.2, 0) is 22.4 Å². The maximum Gasteiger partial charge on any atom is 0.344 e. The number of hydrogen-bond acceptors (Lipinski definition) is 5. The summed E-state index contributed by atoms with van der Waals surface area (Å²) in [6.07, 6.45) is 5.94. The maximum absolute atomic E-state index is 11.8. The van der Waals surface area contributed by atoms with Crippen LogP contribution in [0.5, 0.6) is 5.75 Å². The zero-order chi connectivity index (χ0) is 17.9. The molecule has 0 aliphatic heterocycles. The van der Waals surface area contributed by atoms with Crippen LogP contribution in [-0.4, -0.2) is 30.0 Å². The van der Waals surface area contributed by atoms with Crippen LogP contribution in [0.3, 0.4) is 0 Å². The molecule has 2 aromatic heterocycles. The number of nitrogens with one attached hydrogen (secondary N) is 1. The fraction of sp³-hybridized carbons (Fsp3) is 0.300. The fourth-order valence-corrected chi connectivity index (χ4v) is 3.24. The smallest absolute Gasteiger partial charge is 0.344 e. The molecule has 0 atom stereocenters. The van der Waals surface area contributed by atoms with Crippen LogP contribution in [0.2, 0.25) is 0 Å². The topological polar surface area (TPSA) is 81.5 Å². The van der Waals surface area contributed by atoms with Crippen LogP contribution < -0.4 is 4.74 Å². The quantitative estimate of drug-likeness (QED) is 0.542. The number of carbonyl (C=O) groups excluding carboxylic acids is 2. The number of H-pyrrole nitrogens is 1. The predicted octanol–water partition coefficient (Wildman–Crippen LogP) is 3.44. The van der Waals surface area contributed by atoms with Crippen molar-refractivity contribution in [3.8, 4) is 5.75 Å². The Morgan fingerprint density at radius 2 is 2.00 bits per heavy atom. The Bertz CT molecular complexity index is 939. The number of furan rings is 1. The van der Waals surface area contributed by atoms with Crippen molar-refractivity contribution < 1.29 is 23.5 Å². The first-order valence-corrected chi connectivity index (χ1v) is 8.70. The summed E-state index contributed by atoms with van der Waals surface area (Å²) in [7, 11) is 0. The highest BCUT2D eigenvalue weighted by Crippen LogP contribution is 2.33. The highest BCUT2D eigenvalue weighted by molar-refractivity contribution is 5.96. The van der Waals surface area contributed by atoms with E-state index >= 15 is 0 Å². The standard InChI is InChI=1S/C20H19NO5/c22-17(16-5-3-9-21-16)11-25-20(23)12-24-13-7-8-19-15(10-13)14-4-1-2-6-18(14)26-19/h3,5,7-10,21H,1-2,4,6,11-12H2. The molecule has 0 saturated carbocycles. The molecular formula is C20H19NO5. The van der Waals surface area contributed by atoms with E-state index < -0.39 is 5.97 Å². The Hall–Kier alpha value is -3.02. The lowest BCUT2D eigenvalue weighted by molar-refractivity contribution is -0.144. The third-order valence-corrected chi connectivity index (χ3v) is 4.55. The lowest BCUT2D eigenvalue weighted by atomic mass is 9.96. The van der Waals surface area contributed by atoms with Gasteiger partial charge in [-0.3, -0.25) is 4.79 Å². The third kappa shape index (κ3) is 3.35. The monoisotopic (exact) mass is 353 g/mol. The van der Waals surface area contributed by atoms with E-state index in [-0.39, 0.29) is 19.0 Å². The van der Waals surface area contributed by atoms with E-state index in [1.165, 1.54) is 5.56 Å². The van der Waals surface area contributed by atoms with Gasteiger partial charge in [-0.25, -0.2) is 4.79 Å². The van der Waals surface area contributed by atoms with E-state index in [9.17, 15) is 9.59 Å². The minimum atomic E-state index is -0.584. The van der Waals surface area contributed by atoms with Crippen LogP contribution in [0, 0.1) is 0 Å². The summed E-state index contributed by atoms with van der Waals surface area (Å²) in [5.41, 5.74) is 2.51. The second kappa shape index (κ2) is 7.07. The number of carbonyl (C=O) groups is 2. The van der Waals surface area contributed by atoms with Gasteiger partial charge in [-0.1, -0.05) is 0 Å². The molecule has 6 heteroatoms. The number of benzene rings is 1. The van der Waals surface area contributed by atoms with Crippen molar-refractivity contribution in [1.29, 1.82) is 0 Å². The number of aromatic amines is 1. The minimum Gasteiger partial charge on any atom is -0.482 e. The largest absolute Gasteiger partial charge is 0.482 e. The molecule has 0 bridgehead atoms. The summed E-state index contributed by atoms with van der Waals surface area (Å²) in [4.78, 5) is 26.4. The molecule has 0 spiro atoms. The Kier molecular flexibility index (Phi) is 4.48. The average molecular weight is 353 g/mol. The number of fused-ring (bicyclic) bond motifs is 3. The van der Waals surface area contributed by atoms with Gasteiger partial charge >= 0.3 is 5.97 Å². The molecule has 3 aromatic rings. The molecule has 4 rings (SSSR count).